The highest BCUT2D eigenvalue weighted by Gasteiger charge is 2.43. The van der Waals surface area contributed by atoms with Crippen molar-refractivity contribution in [1.82, 2.24) is 4.90 Å². The lowest BCUT2D eigenvalue weighted by molar-refractivity contribution is -0.124. The number of carbonyl (C=O) groups excluding carboxylic acids is 2. The molecule has 1 fully saturated rings. The third-order valence-electron chi connectivity index (χ3n) is 5.72. The highest BCUT2D eigenvalue weighted by molar-refractivity contribution is 7.80. The minimum atomic E-state index is -0.704. The Labute approximate surface area is 215 Å². The van der Waals surface area contributed by atoms with Crippen LogP contribution in [0.5, 0.6) is 5.75 Å². The number of hydrogen-bond acceptors (Lipinski definition) is 4. The Morgan fingerprint density at radius 1 is 1.03 bits per heavy atom. The molecule has 0 radical (unpaired) electrons. The first-order valence-corrected chi connectivity index (χ1v) is 12.2. The van der Waals surface area contributed by atoms with E-state index in [1.165, 1.54) is 4.90 Å². The average molecular weight is 508 g/mol. The van der Waals surface area contributed by atoms with Crippen molar-refractivity contribution in [2.75, 3.05) is 23.4 Å². The van der Waals surface area contributed by atoms with Gasteiger partial charge in [-0.25, -0.2) is 0 Å². The molecule has 8 heteroatoms. The van der Waals surface area contributed by atoms with Crippen LogP contribution < -0.4 is 15.0 Å². The number of nitrogens with one attached hydrogen (secondary N) is 1. The van der Waals surface area contributed by atoms with Crippen LogP contribution in [0.1, 0.15) is 18.9 Å². The van der Waals surface area contributed by atoms with Crippen molar-refractivity contribution >= 4 is 52.1 Å². The number of halogens is 1. The van der Waals surface area contributed by atoms with Gasteiger partial charge in [0, 0.05) is 17.3 Å². The minimum Gasteiger partial charge on any atom is -0.494 e. The number of amides is 2. The number of anilines is 2. The minimum absolute atomic E-state index is 0.0228. The number of benzene rings is 3. The van der Waals surface area contributed by atoms with Crippen molar-refractivity contribution in [3.63, 3.8) is 0 Å². The molecule has 1 N–H and O–H groups in total. The highest BCUT2D eigenvalue weighted by atomic mass is 35.5. The molecule has 3 aromatic carbocycles. The molecule has 180 valence electrons. The van der Waals surface area contributed by atoms with Crippen LogP contribution in [0.2, 0.25) is 5.02 Å². The van der Waals surface area contributed by atoms with Crippen LogP contribution in [0.4, 0.5) is 11.4 Å². The molecule has 1 atom stereocenters. The van der Waals surface area contributed by atoms with Crippen LogP contribution in [0, 0.1) is 0 Å². The molecule has 0 spiro atoms. The quantitative estimate of drug-likeness (QED) is 0.397. The second kappa shape index (κ2) is 11.3. The predicted octanol–water partition coefficient (Wildman–Crippen LogP) is 5.31. The number of hydrogen-bond donors (Lipinski definition) is 1. The second-order valence-corrected chi connectivity index (χ2v) is 8.89. The molecule has 6 nitrogen and oxygen atoms in total. The first-order valence-electron chi connectivity index (χ1n) is 11.4. The normalized spacial score (nSPS) is 15.4. The smallest absolute Gasteiger partial charge is 0.256 e. The summed E-state index contributed by atoms with van der Waals surface area (Å²) in [6, 6.07) is 23.4. The van der Waals surface area contributed by atoms with Gasteiger partial charge in [0.05, 0.1) is 18.7 Å². The number of carbonyl (C=O) groups is 2. The third kappa shape index (κ3) is 5.99. The monoisotopic (exact) mass is 507 g/mol. The van der Waals surface area contributed by atoms with Crippen molar-refractivity contribution < 1.29 is 14.3 Å². The van der Waals surface area contributed by atoms with Gasteiger partial charge in [0.1, 0.15) is 11.8 Å². The lowest BCUT2D eigenvalue weighted by Crippen LogP contribution is -2.39. The topological polar surface area (TPSA) is 61.9 Å². The summed E-state index contributed by atoms with van der Waals surface area (Å²) in [6.07, 6.45) is 0.671. The van der Waals surface area contributed by atoms with E-state index >= 15 is 0 Å². The number of nitrogens with zero attached hydrogens (tertiary/aromatic N) is 2. The Morgan fingerprint density at radius 2 is 1.71 bits per heavy atom. The fourth-order valence-electron chi connectivity index (χ4n) is 4.00. The highest BCUT2D eigenvalue weighted by Crippen LogP contribution is 2.29. The molecule has 1 aliphatic heterocycles. The summed E-state index contributed by atoms with van der Waals surface area (Å²) < 4.78 is 5.45. The van der Waals surface area contributed by atoms with Gasteiger partial charge in [-0.05, 0) is 79.7 Å². The first kappa shape index (κ1) is 24.7. The molecule has 2 amide bonds. The molecular weight excluding hydrogens is 482 g/mol. The molecule has 35 heavy (non-hydrogen) atoms. The van der Waals surface area contributed by atoms with E-state index < -0.39 is 6.04 Å². The largest absolute Gasteiger partial charge is 0.494 e. The number of rotatable bonds is 9. The Kier molecular flexibility index (Phi) is 8.00. The summed E-state index contributed by atoms with van der Waals surface area (Å²) in [7, 11) is 0. The summed E-state index contributed by atoms with van der Waals surface area (Å²) in [5, 5.41) is 3.83. The van der Waals surface area contributed by atoms with E-state index in [4.69, 9.17) is 28.6 Å². The SMILES string of the molecule is CCOc1ccc(NC(=O)C[C@H]2C(=O)N(c3ccc(Cl)cc3)C(=S)N2CCc2ccccc2)cc1. The summed E-state index contributed by atoms with van der Waals surface area (Å²) in [5.74, 6) is 0.234. The fourth-order valence-corrected chi connectivity index (χ4v) is 4.54. The van der Waals surface area contributed by atoms with E-state index in [0.717, 1.165) is 11.3 Å². The Balaban J connectivity index is 1.52. The van der Waals surface area contributed by atoms with Crippen LogP contribution in [0.15, 0.2) is 78.9 Å². The zero-order valence-corrected chi connectivity index (χ0v) is 20.9. The van der Waals surface area contributed by atoms with E-state index in [-0.39, 0.29) is 18.2 Å². The van der Waals surface area contributed by atoms with Gasteiger partial charge in [-0.15, -0.1) is 0 Å². The Hall–Kier alpha value is -3.42. The maximum absolute atomic E-state index is 13.5. The molecular formula is C27H26ClN3O3S. The van der Waals surface area contributed by atoms with E-state index in [0.29, 0.717) is 41.1 Å². The molecule has 1 saturated heterocycles. The van der Waals surface area contributed by atoms with Gasteiger partial charge in [0.15, 0.2) is 5.11 Å². The standard InChI is InChI=1S/C27H26ClN3O3S/c1-2-34-23-14-10-21(11-15-23)29-25(32)18-24-26(33)31(22-12-8-20(28)9-13-22)27(35)30(24)17-16-19-6-4-3-5-7-19/h3-15,24H,2,16-18H2,1H3,(H,29,32)/t24-/m0/s1. The van der Waals surface area contributed by atoms with Crippen LogP contribution in [0.3, 0.4) is 0 Å². The lowest BCUT2D eigenvalue weighted by atomic mass is 10.1. The van der Waals surface area contributed by atoms with Crippen molar-refractivity contribution in [1.29, 1.82) is 0 Å². The molecule has 0 aliphatic carbocycles. The van der Waals surface area contributed by atoms with Gasteiger partial charge in [0.25, 0.3) is 5.91 Å². The van der Waals surface area contributed by atoms with Crippen LogP contribution in [-0.2, 0) is 16.0 Å². The molecule has 0 aromatic heterocycles. The summed E-state index contributed by atoms with van der Waals surface area (Å²) in [5.41, 5.74) is 2.39. The first-order chi connectivity index (χ1) is 17.0. The second-order valence-electron chi connectivity index (χ2n) is 8.09. The lowest BCUT2D eigenvalue weighted by Gasteiger charge is -2.24. The molecule has 1 aliphatic rings. The third-order valence-corrected chi connectivity index (χ3v) is 6.38. The van der Waals surface area contributed by atoms with E-state index in [9.17, 15) is 9.59 Å². The van der Waals surface area contributed by atoms with Gasteiger partial charge < -0.3 is 15.0 Å². The molecule has 3 aromatic rings. The van der Waals surface area contributed by atoms with Crippen LogP contribution in [0.25, 0.3) is 0 Å². The van der Waals surface area contributed by atoms with Gasteiger partial charge in [-0.2, -0.15) is 0 Å². The zero-order chi connectivity index (χ0) is 24.8. The Bertz CT molecular complexity index is 1190. The van der Waals surface area contributed by atoms with E-state index in [1.807, 2.05) is 42.2 Å². The predicted molar refractivity (Wildman–Crippen MR) is 143 cm³/mol. The van der Waals surface area contributed by atoms with Crippen molar-refractivity contribution in [2.45, 2.75) is 25.8 Å². The fraction of sp³-hybridized carbons (Fsp3) is 0.222. The van der Waals surface area contributed by atoms with Crippen molar-refractivity contribution in [2.24, 2.45) is 0 Å². The van der Waals surface area contributed by atoms with E-state index in [2.05, 4.69) is 5.32 Å². The van der Waals surface area contributed by atoms with Gasteiger partial charge >= 0.3 is 0 Å². The van der Waals surface area contributed by atoms with Crippen molar-refractivity contribution in [3.05, 3.63) is 89.4 Å². The van der Waals surface area contributed by atoms with Crippen molar-refractivity contribution in [3.8, 4) is 5.75 Å². The zero-order valence-electron chi connectivity index (χ0n) is 19.3. The van der Waals surface area contributed by atoms with Gasteiger partial charge in [-0.3, -0.25) is 14.5 Å². The number of ether oxygens (including phenoxy) is 1. The molecule has 1 heterocycles. The maximum atomic E-state index is 13.5. The summed E-state index contributed by atoms with van der Waals surface area (Å²) >= 11 is 11.8. The van der Waals surface area contributed by atoms with Crippen LogP contribution in [-0.4, -0.2) is 41.0 Å². The molecule has 4 rings (SSSR count). The molecule has 0 unspecified atom stereocenters. The number of thiocarbonyl (C=S) groups is 1. The van der Waals surface area contributed by atoms with Crippen LogP contribution >= 0.6 is 23.8 Å². The summed E-state index contributed by atoms with van der Waals surface area (Å²) in [6.45, 7) is 2.99. The van der Waals surface area contributed by atoms with Gasteiger partial charge in [-0.1, -0.05) is 41.9 Å². The maximum Gasteiger partial charge on any atom is 0.256 e. The Morgan fingerprint density at radius 3 is 2.37 bits per heavy atom. The molecule has 0 bridgehead atoms. The van der Waals surface area contributed by atoms with E-state index in [1.54, 1.807) is 48.5 Å². The molecule has 0 saturated carbocycles. The van der Waals surface area contributed by atoms with Gasteiger partial charge in [0.2, 0.25) is 5.91 Å². The average Bonchev–Trinajstić information content (AvgIpc) is 3.09. The summed E-state index contributed by atoms with van der Waals surface area (Å²) in [4.78, 5) is 29.8.